The van der Waals surface area contributed by atoms with Gasteiger partial charge in [-0.25, -0.2) is 9.97 Å². The molecule has 3 aliphatic rings. The zero-order valence-electron chi connectivity index (χ0n) is 18.7. The molecule has 5 rings (SSSR count). The summed E-state index contributed by atoms with van der Waals surface area (Å²) in [5.41, 5.74) is 3.44. The quantitative estimate of drug-likeness (QED) is 0.735. The van der Waals surface area contributed by atoms with Crippen molar-refractivity contribution in [3.63, 3.8) is 0 Å². The van der Waals surface area contributed by atoms with Gasteiger partial charge < -0.3 is 9.30 Å². The number of ether oxygens (including phenoxy) is 1. The SMILES string of the molecule is CC(C)c1nccc(CN2C[C@@H]3C[C@H](C2)c2ccc(CN4CCOCC4)c(=O)n2C3)n1. The normalized spacial score (nSPS) is 24.4. The highest BCUT2D eigenvalue weighted by Crippen LogP contribution is 2.35. The Bertz CT molecular complexity index is 982. The molecule has 7 heteroatoms. The van der Waals surface area contributed by atoms with Crippen LogP contribution in [-0.4, -0.2) is 63.7 Å². The molecule has 0 amide bonds. The molecule has 2 bridgehead atoms. The van der Waals surface area contributed by atoms with E-state index in [-0.39, 0.29) is 5.56 Å². The van der Waals surface area contributed by atoms with E-state index < -0.39 is 0 Å². The number of fused-ring (bicyclic) bond motifs is 4. The van der Waals surface area contributed by atoms with Crippen molar-refractivity contribution in [2.45, 2.75) is 51.7 Å². The van der Waals surface area contributed by atoms with Gasteiger partial charge >= 0.3 is 0 Å². The van der Waals surface area contributed by atoms with Crippen LogP contribution in [0.2, 0.25) is 0 Å². The molecule has 0 saturated carbocycles. The van der Waals surface area contributed by atoms with Crippen molar-refractivity contribution in [2.75, 3.05) is 39.4 Å². The first-order valence-electron chi connectivity index (χ1n) is 11.6. The maximum atomic E-state index is 13.3. The number of nitrogens with zero attached hydrogens (tertiary/aromatic N) is 5. The predicted molar refractivity (Wildman–Crippen MR) is 119 cm³/mol. The third-order valence-electron chi connectivity index (χ3n) is 6.89. The molecule has 31 heavy (non-hydrogen) atoms. The second kappa shape index (κ2) is 8.81. The van der Waals surface area contributed by atoms with Crippen molar-refractivity contribution < 1.29 is 4.74 Å². The van der Waals surface area contributed by atoms with Crippen molar-refractivity contribution >= 4 is 0 Å². The summed E-state index contributed by atoms with van der Waals surface area (Å²) >= 11 is 0. The smallest absolute Gasteiger partial charge is 0.255 e. The van der Waals surface area contributed by atoms with E-state index in [4.69, 9.17) is 9.72 Å². The minimum atomic E-state index is 0.213. The minimum absolute atomic E-state index is 0.213. The van der Waals surface area contributed by atoms with E-state index in [1.165, 1.54) is 12.1 Å². The zero-order chi connectivity index (χ0) is 21.4. The first-order valence-corrected chi connectivity index (χ1v) is 11.6. The molecular weight excluding hydrogens is 390 g/mol. The van der Waals surface area contributed by atoms with Gasteiger partial charge in [0.15, 0.2) is 0 Å². The highest BCUT2D eigenvalue weighted by molar-refractivity contribution is 5.22. The van der Waals surface area contributed by atoms with Crippen LogP contribution in [0.15, 0.2) is 29.2 Å². The molecule has 3 aliphatic heterocycles. The number of piperidine rings is 1. The molecule has 0 unspecified atom stereocenters. The molecule has 0 radical (unpaired) electrons. The molecule has 2 atom stereocenters. The van der Waals surface area contributed by atoms with Crippen molar-refractivity contribution in [3.05, 3.63) is 57.5 Å². The van der Waals surface area contributed by atoms with E-state index >= 15 is 0 Å². The fourth-order valence-electron chi connectivity index (χ4n) is 5.35. The van der Waals surface area contributed by atoms with E-state index in [9.17, 15) is 4.79 Å². The molecule has 2 fully saturated rings. The van der Waals surface area contributed by atoms with Gasteiger partial charge in [-0.15, -0.1) is 0 Å². The molecule has 2 aromatic rings. The van der Waals surface area contributed by atoms with E-state index in [1.807, 2.05) is 12.3 Å². The van der Waals surface area contributed by atoms with Crippen molar-refractivity contribution in [1.29, 1.82) is 0 Å². The number of rotatable bonds is 5. The number of pyridine rings is 1. The van der Waals surface area contributed by atoms with Gasteiger partial charge in [-0.1, -0.05) is 19.9 Å². The summed E-state index contributed by atoms with van der Waals surface area (Å²) < 4.78 is 7.52. The highest BCUT2D eigenvalue weighted by Gasteiger charge is 2.35. The topological polar surface area (TPSA) is 63.5 Å². The number of morpholine rings is 1. The van der Waals surface area contributed by atoms with E-state index in [2.05, 4.69) is 45.3 Å². The summed E-state index contributed by atoms with van der Waals surface area (Å²) in [4.78, 5) is 27.3. The Labute approximate surface area is 184 Å². The number of likely N-dealkylation sites (tertiary alicyclic amines) is 1. The molecule has 5 heterocycles. The van der Waals surface area contributed by atoms with Gasteiger partial charge in [0.1, 0.15) is 5.82 Å². The molecule has 0 N–H and O–H groups in total. The van der Waals surface area contributed by atoms with Crippen LogP contribution in [-0.2, 0) is 24.4 Å². The van der Waals surface area contributed by atoms with Crippen LogP contribution in [0.25, 0.3) is 0 Å². The number of hydrogen-bond donors (Lipinski definition) is 0. The van der Waals surface area contributed by atoms with Gasteiger partial charge in [0.2, 0.25) is 0 Å². The third-order valence-corrected chi connectivity index (χ3v) is 6.89. The van der Waals surface area contributed by atoms with Crippen LogP contribution < -0.4 is 5.56 Å². The summed E-state index contributed by atoms with van der Waals surface area (Å²) in [5, 5.41) is 0. The lowest BCUT2D eigenvalue weighted by Crippen LogP contribution is -2.47. The van der Waals surface area contributed by atoms with Gasteiger partial charge in [0.05, 0.1) is 18.9 Å². The summed E-state index contributed by atoms with van der Waals surface area (Å²) in [6.45, 7) is 12.0. The first-order chi connectivity index (χ1) is 15.1. The van der Waals surface area contributed by atoms with Gasteiger partial charge in [0.25, 0.3) is 5.56 Å². The molecule has 2 aromatic heterocycles. The summed E-state index contributed by atoms with van der Waals surface area (Å²) in [6, 6.07) is 6.32. The van der Waals surface area contributed by atoms with Crippen molar-refractivity contribution in [3.8, 4) is 0 Å². The number of aromatic nitrogens is 3. The molecule has 0 aliphatic carbocycles. The highest BCUT2D eigenvalue weighted by atomic mass is 16.5. The predicted octanol–water partition coefficient (Wildman–Crippen LogP) is 2.21. The molecule has 0 spiro atoms. The first kappa shape index (κ1) is 20.8. The molecule has 166 valence electrons. The molecule has 7 nitrogen and oxygen atoms in total. The second-order valence-electron chi connectivity index (χ2n) is 9.64. The van der Waals surface area contributed by atoms with Crippen molar-refractivity contribution in [2.24, 2.45) is 5.92 Å². The standard InChI is InChI=1S/C24H33N5O2/c1-17(2)23-25-6-5-21(26-23)16-28-12-18-11-20(15-28)22-4-3-19(24(30)29(22)13-18)14-27-7-9-31-10-8-27/h3-6,17-18,20H,7-16H2,1-2H3/t18-,20+/m0/s1. The lowest BCUT2D eigenvalue weighted by atomic mass is 9.83. The zero-order valence-corrected chi connectivity index (χ0v) is 18.7. The molecular formula is C24H33N5O2. The monoisotopic (exact) mass is 423 g/mol. The molecule has 2 saturated heterocycles. The van der Waals surface area contributed by atoms with Crippen LogP contribution in [0, 0.1) is 5.92 Å². The Morgan fingerprint density at radius 1 is 1.06 bits per heavy atom. The average molecular weight is 424 g/mol. The fraction of sp³-hybridized carbons (Fsp3) is 0.625. The van der Waals surface area contributed by atoms with Crippen LogP contribution in [0.1, 0.15) is 54.9 Å². The summed E-state index contributed by atoms with van der Waals surface area (Å²) in [6.07, 6.45) is 3.06. The van der Waals surface area contributed by atoms with Crippen LogP contribution in [0.4, 0.5) is 0 Å². The van der Waals surface area contributed by atoms with Crippen LogP contribution in [0.5, 0.6) is 0 Å². The van der Waals surface area contributed by atoms with Gasteiger partial charge in [-0.2, -0.15) is 0 Å². The summed E-state index contributed by atoms with van der Waals surface area (Å²) in [5.74, 6) is 2.20. The van der Waals surface area contributed by atoms with Gasteiger partial charge in [-0.3, -0.25) is 14.6 Å². The van der Waals surface area contributed by atoms with Crippen molar-refractivity contribution in [1.82, 2.24) is 24.3 Å². The molecule has 0 aromatic carbocycles. The third kappa shape index (κ3) is 4.45. The lowest BCUT2D eigenvalue weighted by Gasteiger charge is -2.43. The Morgan fingerprint density at radius 3 is 2.71 bits per heavy atom. The van der Waals surface area contributed by atoms with Crippen LogP contribution in [0.3, 0.4) is 0 Å². The lowest BCUT2D eigenvalue weighted by molar-refractivity contribution is 0.0338. The maximum Gasteiger partial charge on any atom is 0.255 e. The Morgan fingerprint density at radius 2 is 1.90 bits per heavy atom. The maximum absolute atomic E-state index is 13.3. The Balaban J connectivity index is 1.31. The van der Waals surface area contributed by atoms with E-state index in [0.29, 0.717) is 17.8 Å². The Kier molecular flexibility index (Phi) is 5.91. The fourth-order valence-corrected chi connectivity index (χ4v) is 5.35. The number of hydrogen-bond acceptors (Lipinski definition) is 6. The van der Waals surface area contributed by atoms with Gasteiger partial charge in [0, 0.05) is 75.1 Å². The minimum Gasteiger partial charge on any atom is -0.379 e. The van der Waals surface area contributed by atoms with E-state index in [1.54, 1.807) is 0 Å². The second-order valence-corrected chi connectivity index (χ2v) is 9.64. The van der Waals surface area contributed by atoms with Gasteiger partial charge in [-0.05, 0) is 24.5 Å². The largest absolute Gasteiger partial charge is 0.379 e. The average Bonchev–Trinajstić information content (AvgIpc) is 2.77. The van der Waals surface area contributed by atoms with E-state index in [0.717, 1.165) is 76.1 Å². The Hall–Kier alpha value is -2.09. The summed E-state index contributed by atoms with van der Waals surface area (Å²) in [7, 11) is 0. The van der Waals surface area contributed by atoms with Crippen LogP contribution >= 0.6 is 0 Å².